The van der Waals surface area contributed by atoms with E-state index in [1.807, 2.05) is 14.1 Å². The van der Waals surface area contributed by atoms with Gasteiger partial charge in [0.15, 0.2) is 0 Å². The smallest absolute Gasteiger partial charge is 0.0202 e. The maximum atomic E-state index is 5.29. The Bertz CT molecular complexity index is 264. The van der Waals surface area contributed by atoms with Gasteiger partial charge in [0.1, 0.15) is 0 Å². The molecule has 0 unspecified atom stereocenters. The van der Waals surface area contributed by atoms with Crippen molar-refractivity contribution in [2.45, 2.75) is 32.7 Å². The van der Waals surface area contributed by atoms with Crippen LogP contribution in [-0.2, 0) is 6.54 Å². The fourth-order valence-corrected chi connectivity index (χ4v) is 1.53. The maximum absolute atomic E-state index is 5.29. The Morgan fingerprint density at radius 1 is 0.944 bits per heavy atom. The first-order chi connectivity index (χ1) is 8.74. The van der Waals surface area contributed by atoms with Gasteiger partial charge in [-0.3, -0.25) is 0 Å². The molecule has 0 saturated carbocycles. The van der Waals surface area contributed by atoms with Gasteiger partial charge in [-0.1, -0.05) is 36.2 Å². The Balaban J connectivity index is 0.000000331. The topological polar surface area (TPSA) is 50.1 Å². The number of aryl methyl sites for hydroxylation is 1. The van der Waals surface area contributed by atoms with Crippen LogP contribution in [0, 0.1) is 6.92 Å². The molecule has 0 fully saturated rings. The Hall–Kier alpha value is -0.900. The summed E-state index contributed by atoms with van der Waals surface area (Å²) in [5.74, 6) is 0. The van der Waals surface area contributed by atoms with Gasteiger partial charge in [-0.15, -0.1) is 0 Å². The second kappa shape index (κ2) is 12.6. The molecule has 0 radical (unpaired) electrons. The van der Waals surface area contributed by atoms with Gasteiger partial charge in [-0.2, -0.15) is 0 Å². The summed E-state index contributed by atoms with van der Waals surface area (Å²) in [5, 5.41) is 6.19. The van der Waals surface area contributed by atoms with Crippen molar-refractivity contribution in [3.8, 4) is 0 Å². The molecular formula is C15H29N3. The first-order valence-electron chi connectivity index (χ1n) is 6.79. The van der Waals surface area contributed by atoms with Crippen LogP contribution in [0.5, 0.6) is 0 Å². The highest BCUT2D eigenvalue weighted by Gasteiger charge is 1.87. The molecule has 0 spiro atoms. The van der Waals surface area contributed by atoms with Crippen molar-refractivity contribution >= 4 is 0 Å². The fraction of sp³-hybridized carbons (Fsp3) is 0.600. The van der Waals surface area contributed by atoms with E-state index in [0.717, 1.165) is 19.6 Å². The SMILES string of the molecule is CNCCCCCN.CNCc1ccc(C)cc1. The van der Waals surface area contributed by atoms with Gasteiger partial charge in [-0.25, -0.2) is 0 Å². The van der Waals surface area contributed by atoms with Gasteiger partial charge < -0.3 is 16.4 Å². The second-order valence-corrected chi connectivity index (χ2v) is 4.47. The van der Waals surface area contributed by atoms with Crippen molar-refractivity contribution < 1.29 is 0 Å². The van der Waals surface area contributed by atoms with Crippen molar-refractivity contribution in [3.63, 3.8) is 0 Å². The number of unbranched alkanes of at least 4 members (excludes halogenated alkanes) is 2. The highest BCUT2D eigenvalue weighted by Crippen LogP contribution is 2.01. The molecule has 0 heterocycles. The predicted octanol–water partition coefficient (Wildman–Crippen LogP) is 2.05. The molecule has 3 heteroatoms. The summed E-state index contributed by atoms with van der Waals surface area (Å²) in [4.78, 5) is 0. The number of nitrogens with two attached hydrogens (primary N) is 1. The van der Waals surface area contributed by atoms with Crippen molar-refractivity contribution in [2.24, 2.45) is 5.73 Å². The first kappa shape index (κ1) is 17.1. The molecule has 0 aromatic heterocycles. The minimum Gasteiger partial charge on any atom is -0.330 e. The van der Waals surface area contributed by atoms with E-state index in [1.165, 1.54) is 30.4 Å². The third-order valence-corrected chi connectivity index (χ3v) is 2.63. The summed E-state index contributed by atoms with van der Waals surface area (Å²) in [7, 11) is 3.93. The third kappa shape index (κ3) is 10.3. The zero-order valence-electron chi connectivity index (χ0n) is 12.1. The highest BCUT2D eigenvalue weighted by molar-refractivity contribution is 5.20. The zero-order chi connectivity index (χ0) is 13.6. The van der Waals surface area contributed by atoms with Gasteiger partial charge in [0.2, 0.25) is 0 Å². The summed E-state index contributed by atoms with van der Waals surface area (Å²) in [6.45, 7) is 5.02. The van der Waals surface area contributed by atoms with E-state index in [9.17, 15) is 0 Å². The van der Waals surface area contributed by atoms with Crippen LogP contribution in [0.25, 0.3) is 0 Å². The summed E-state index contributed by atoms with van der Waals surface area (Å²) >= 11 is 0. The molecule has 0 aliphatic carbocycles. The summed E-state index contributed by atoms with van der Waals surface area (Å²) in [5.41, 5.74) is 7.95. The van der Waals surface area contributed by atoms with Crippen LogP contribution in [0.15, 0.2) is 24.3 Å². The molecule has 18 heavy (non-hydrogen) atoms. The van der Waals surface area contributed by atoms with Gasteiger partial charge in [0.05, 0.1) is 0 Å². The molecule has 104 valence electrons. The van der Waals surface area contributed by atoms with Crippen LogP contribution in [0.3, 0.4) is 0 Å². The van der Waals surface area contributed by atoms with Crippen LogP contribution in [0.2, 0.25) is 0 Å². The quantitative estimate of drug-likeness (QED) is 0.650. The van der Waals surface area contributed by atoms with E-state index in [2.05, 4.69) is 41.8 Å². The summed E-state index contributed by atoms with van der Waals surface area (Å²) in [6.07, 6.45) is 3.69. The normalized spacial score (nSPS) is 9.78. The van der Waals surface area contributed by atoms with E-state index < -0.39 is 0 Å². The lowest BCUT2D eigenvalue weighted by molar-refractivity contribution is 0.648. The average Bonchev–Trinajstić information content (AvgIpc) is 2.39. The number of hydrogen-bond acceptors (Lipinski definition) is 3. The molecular weight excluding hydrogens is 222 g/mol. The molecule has 0 aliphatic heterocycles. The van der Waals surface area contributed by atoms with E-state index in [1.54, 1.807) is 0 Å². The van der Waals surface area contributed by atoms with Crippen LogP contribution < -0.4 is 16.4 Å². The van der Waals surface area contributed by atoms with Crippen LogP contribution >= 0.6 is 0 Å². The molecule has 0 atom stereocenters. The van der Waals surface area contributed by atoms with Crippen LogP contribution in [-0.4, -0.2) is 27.2 Å². The lowest BCUT2D eigenvalue weighted by Gasteiger charge is -1.98. The van der Waals surface area contributed by atoms with E-state index >= 15 is 0 Å². The molecule has 1 aromatic rings. The molecule has 4 N–H and O–H groups in total. The number of benzene rings is 1. The number of rotatable bonds is 7. The van der Waals surface area contributed by atoms with Crippen molar-refractivity contribution in [1.82, 2.24) is 10.6 Å². The third-order valence-electron chi connectivity index (χ3n) is 2.63. The number of hydrogen-bond donors (Lipinski definition) is 3. The summed E-state index contributed by atoms with van der Waals surface area (Å²) < 4.78 is 0. The lowest BCUT2D eigenvalue weighted by atomic mass is 10.1. The van der Waals surface area contributed by atoms with Gasteiger partial charge in [0, 0.05) is 6.54 Å². The average molecular weight is 251 g/mol. The predicted molar refractivity (Wildman–Crippen MR) is 80.8 cm³/mol. The largest absolute Gasteiger partial charge is 0.330 e. The number of nitrogens with one attached hydrogen (secondary N) is 2. The van der Waals surface area contributed by atoms with E-state index in [4.69, 9.17) is 5.73 Å². The Kier molecular flexibility index (Phi) is 11.9. The van der Waals surface area contributed by atoms with Crippen LogP contribution in [0.1, 0.15) is 30.4 Å². The first-order valence-corrected chi connectivity index (χ1v) is 6.79. The minimum absolute atomic E-state index is 0.837. The fourth-order valence-electron chi connectivity index (χ4n) is 1.53. The van der Waals surface area contributed by atoms with Gasteiger partial charge >= 0.3 is 0 Å². The van der Waals surface area contributed by atoms with Crippen molar-refractivity contribution in [1.29, 1.82) is 0 Å². The molecule has 0 aliphatic rings. The monoisotopic (exact) mass is 251 g/mol. The standard InChI is InChI=1S/C9H13N.C6H16N2/c1-8-3-5-9(6-4-8)7-10-2;1-8-6-4-2-3-5-7/h3-6,10H,7H2,1-2H3;8H,2-7H2,1H3. The van der Waals surface area contributed by atoms with Gasteiger partial charge in [-0.05, 0) is 52.5 Å². The van der Waals surface area contributed by atoms with Crippen molar-refractivity contribution in [2.75, 3.05) is 27.2 Å². The van der Waals surface area contributed by atoms with Gasteiger partial charge in [0.25, 0.3) is 0 Å². The molecule has 1 aromatic carbocycles. The Morgan fingerprint density at radius 3 is 2.11 bits per heavy atom. The Morgan fingerprint density at radius 2 is 1.61 bits per heavy atom. The maximum Gasteiger partial charge on any atom is 0.0202 e. The lowest BCUT2D eigenvalue weighted by Crippen LogP contribution is -2.08. The highest BCUT2D eigenvalue weighted by atomic mass is 14.8. The molecule has 1 rings (SSSR count). The molecule has 0 bridgehead atoms. The summed E-state index contributed by atoms with van der Waals surface area (Å²) in [6, 6.07) is 8.55. The molecule has 0 amide bonds. The second-order valence-electron chi connectivity index (χ2n) is 4.47. The molecule has 0 saturated heterocycles. The van der Waals surface area contributed by atoms with E-state index in [0.29, 0.717) is 0 Å². The Labute approximate surface area is 112 Å². The molecule has 3 nitrogen and oxygen atoms in total. The van der Waals surface area contributed by atoms with Crippen molar-refractivity contribution in [3.05, 3.63) is 35.4 Å². The van der Waals surface area contributed by atoms with E-state index in [-0.39, 0.29) is 0 Å². The van der Waals surface area contributed by atoms with Crippen LogP contribution in [0.4, 0.5) is 0 Å². The minimum atomic E-state index is 0.837. The zero-order valence-corrected chi connectivity index (χ0v) is 12.1.